The summed E-state index contributed by atoms with van der Waals surface area (Å²) in [5.74, 6) is -0.197. The van der Waals surface area contributed by atoms with Crippen molar-refractivity contribution in [2.45, 2.75) is 6.42 Å². The third-order valence-corrected chi connectivity index (χ3v) is 5.90. The molecular weight excluding hydrogens is 398 g/mol. The van der Waals surface area contributed by atoms with Crippen molar-refractivity contribution < 1.29 is 9.59 Å². The van der Waals surface area contributed by atoms with Crippen molar-refractivity contribution in [2.75, 3.05) is 29.9 Å². The van der Waals surface area contributed by atoms with Crippen LogP contribution in [0.5, 0.6) is 0 Å². The van der Waals surface area contributed by atoms with Crippen LogP contribution >= 0.6 is 11.6 Å². The van der Waals surface area contributed by atoms with Crippen LogP contribution in [0.2, 0.25) is 5.02 Å². The number of nitrogens with zero attached hydrogens (tertiary/aromatic N) is 2. The number of carbonyl (C=O) groups excluding carboxylic acids is 2. The molecule has 0 unspecified atom stereocenters. The van der Waals surface area contributed by atoms with Crippen LogP contribution in [0.25, 0.3) is 11.1 Å². The molecule has 2 aliphatic rings. The number of benzene rings is 3. The summed E-state index contributed by atoms with van der Waals surface area (Å²) in [6.45, 7) is 1.08. The van der Waals surface area contributed by atoms with E-state index in [0.717, 1.165) is 17.8 Å². The van der Waals surface area contributed by atoms with Crippen LogP contribution in [0.15, 0.2) is 66.7 Å². The first kappa shape index (κ1) is 18.7. The average molecular weight is 418 g/mol. The first-order valence-corrected chi connectivity index (χ1v) is 10.3. The molecule has 150 valence electrons. The quantitative estimate of drug-likeness (QED) is 0.519. The van der Waals surface area contributed by atoms with E-state index in [9.17, 15) is 9.59 Å². The van der Waals surface area contributed by atoms with E-state index in [2.05, 4.69) is 23.5 Å². The molecule has 5 nitrogen and oxygen atoms in total. The zero-order valence-electron chi connectivity index (χ0n) is 16.3. The fraction of sp³-hybridized carbons (Fsp3) is 0.167. The number of anilines is 2. The van der Waals surface area contributed by atoms with Crippen molar-refractivity contribution >= 4 is 34.9 Å². The standard InChI is InChI=1S/C24H20ClN3O2/c25-18-5-8-20(9-6-18)28-12-11-27(24(28)30)15-23(29)26-19-7-10-22-17(14-19)13-16-3-1-2-4-21(16)22/h1-10,14H,11-13,15H2,(H,26,29). The van der Waals surface area contributed by atoms with E-state index in [1.165, 1.54) is 22.3 Å². The van der Waals surface area contributed by atoms with Crippen LogP contribution in [0.4, 0.5) is 16.2 Å². The van der Waals surface area contributed by atoms with Crippen LogP contribution in [0.1, 0.15) is 11.1 Å². The first-order chi connectivity index (χ1) is 14.6. The van der Waals surface area contributed by atoms with E-state index in [0.29, 0.717) is 18.1 Å². The van der Waals surface area contributed by atoms with Crippen molar-refractivity contribution in [2.24, 2.45) is 0 Å². The highest BCUT2D eigenvalue weighted by Gasteiger charge is 2.31. The van der Waals surface area contributed by atoms with E-state index in [-0.39, 0.29) is 18.5 Å². The number of rotatable bonds is 4. The number of fused-ring (bicyclic) bond motifs is 3. The minimum atomic E-state index is -0.197. The van der Waals surface area contributed by atoms with Crippen molar-refractivity contribution in [1.29, 1.82) is 0 Å². The number of urea groups is 1. The molecule has 3 aromatic carbocycles. The van der Waals surface area contributed by atoms with Crippen molar-refractivity contribution in [3.63, 3.8) is 0 Å². The van der Waals surface area contributed by atoms with Gasteiger partial charge in [-0.1, -0.05) is 41.9 Å². The Balaban J connectivity index is 1.23. The summed E-state index contributed by atoms with van der Waals surface area (Å²) in [5, 5.41) is 3.56. The van der Waals surface area contributed by atoms with Crippen molar-refractivity contribution in [1.82, 2.24) is 4.90 Å². The molecule has 0 radical (unpaired) electrons. The van der Waals surface area contributed by atoms with Gasteiger partial charge in [0.2, 0.25) is 5.91 Å². The van der Waals surface area contributed by atoms with Gasteiger partial charge >= 0.3 is 6.03 Å². The third kappa shape index (κ3) is 3.42. The van der Waals surface area contributed by atoms with Gasteiger partial charge in [-0.2, -0.15) is 0 Å². The van der Waals surface area contributed by atoms with Crippen molar-refractivity contribution in [3.05, 3.63) is 82.9 Å². The smallest absolute Gasteiger partial charge is 0.325 e. The Bertz CT molecular complexity index is 1140. The van der Waals surface area contributed by atoms with E-state index < -0.39 is 0 Å². The second kappa shape index (κ2) is 7.50. The molecule has 1 aliphatic heterocycles. The second-order valence-electron chi connectivity index (χ2n) is 7.59. The molecule has 0 atom stereocenters. The number of carbonyl (C=O) groups is 2. The predicted molar refractivity (Wildman–Crippen MR) is 119 cm³/mol. The highest BCUT2D eigenvalue weighted by Crippen LogP contribution is 2.37. The lowest BCUT2D eigenvalue weighted by molar-refractivity contribution is -0.116. The minimum absolute atomic E-state index is 0.0280. The van der Waals surface area contributed by atoms with Crippen LogP contribution in [0.3, 0.4) is 0 Å². The molecule has 0 aromatic heterocycles. The fourth-order valence-corrected chi connectivity index (χ4v) is 4.31. The van der Waals surface area contributed by atoms with Gasteiger partial charge in [0.25, 0.3) is 0 Å². The largest absolute Gasteiger partial charge is 0.325 e. The van der Waals surface area contributed by atoms with Gasteiger partial charge in [-0.3, -0.25) is 9.69 Å². The summed E-state index contributed by atoms with van der Waals surface area (Å²) in [7, 11) is 0. The van der Waals surface area contributed by atoms with Gasteiger partial charge in [0.05, 0.1) is 0 Å². The monoisotopic (exact) mass is 417 g/mol. The molecule has 0 bridgehead atoms. The van der Waals surface area contributed by atoms with E-state index in [4.69, 9.17) is 11.6 Å². The molecular formula is C24H20ClN3O2. The molecule has 1 aliphatic carbocycles. The normalized spacial score (nSPS) is 14.6. The lowest BCUT2D eigenvalue weighted by Crippen LogP contribution is -2.37. The van der Waals surface area contributed by atoms with E-state index in [1.807, 2.05) is 36.4 Å². The molecule has 1 heterocycles. The van der Waals surface area contributed by atoms with Gasteiger partial charge in [0, 0.05) is 29.5 Å². The summed E-state index contributed by atoms with van der Waals surface area (Å²) in [4.78, 5) is 28.5. The lowest BCUT2D eigenvalue weighted by Gasteiger charge is -2.18. The third-order valence-electron chi connectivity index (χ3n) is 5.65. The molecule has 5 rings (SSSR count). The molecule has 0 saturated carbocycles. The summed E-state index contributed by atoms with van der Waals surface area (Å²) in [6, 6.07) is 21.3. The van der Waals surface area contributed by atoms with Gasteiger partial charge in [0.15, 0.2) is 0 Å². The van der Waals surface area contributed by atoms with E-state index >= 15 is 0 Å². The Morgan fingerprint density at radius 1 is 0.933 bits per heavy atom. The molecule has 0 spiro atoms. The van der Waals surface area contributed by atoms with Gasteiger partial charge in [-0.15, -0.1) is 0 Å². The summed E-state index contributed by atoms with van der Waals surface area (Å²) >= 11 is 5.92. The average Bonchev–Trinajstić information content (AvgIpc) is 3.29. The van der Waals surface area contributed by atoms with Crippen LogP contribution in [-0.4, -0.2) is 36.5 Å². The molecule has 1 N–H and O–H groups in total. The molecule has 1 fully saturated rings. The number of amides is 3. The number of halogens is 1. The Hall–Kier alpha value is -3.31. The molecule has 30 heavy (non-hydrogen) atoms. The maximum Gasteiger partial charge on any atom is 0.325 e. The van der Waals surface area contributed by atoms with E-state index in [1.54, 1.807) is 21.9 Å². The van der Waals surface area contributed by atoms with Crippen LogP contribution < -0.4 is 10.2 Å². The Morgan fingerprint density at radius 2 is 1.70 bits per heavy atom. The summed E-state index contributed by atoms with van der Waals surface area (Å²) in [6.07, 6.45) is 0.871. The highest BCUT2D eigenvalue weighted by molar-refractivity contribution is 6.30. The van der Waals surface area contributed by atoms with Gasteiger partial charge in [-0.25, -0.2) is 4.79 Å². The van der Waals surface area contributed by atoms with Gasteiger partial charge < -0.3 is 10.2 Å². The van der Waals surface area contributed by atoms with Gasteiger partial charge in [-0.05, 0) is 65.1 Å². The van der Waals surface area contributed by atoms with Crippen LogP contribution in [-0.2, 0) is 11.2 Å². The summed E-state index contributed by atoms with van der Waals surface area (Å²) < 4.78 is 0. The topological polar surface area (TPSA) is 52.7 Å². The maximum atomic E-state index is 12.7. The maximum absolute atomic E-state index is 12.7. The zero-order chi connectivity index (χ0) is 20.7. The molecule has 3 aromatic rings. The van der Waals surface area contributed by atoms with Crippen LogP contribution in [0, 0.1) is 0 Å². The van der Waals surface area contributed by atoms with Crippen molar-refractivity contribution in [3.8, 4) is 11.1 Å². The predicted octanol–water partition coefficient (Wildman–Crippen LogP) is 4.79. The number of nitrogens with one attached hydrogen (secondary N) is 1. The summed E-state index contributed by atoms with van der Waals surface area (Å²) in [5.41, 5.74) is 6.53. The lowest BCUT2D eigenvalue weighted by atomic mass is 10.1. The molecule has 3 amide bonds. The Morgan fingerprint density at radius 3 is 2.53 bits per heavy atom. The highest BCUT2D eigenvalue weighted by atomic mass is 35.5. The fourth-order valence-electron chi connectivity index (χ4n) is 4.19. The Labute approximate surface area is 179 Å². The Kier molecular flexibility index (Phi) is 4.68. The number of hydrogen-bond donors (Lipinski definition) is 1. The molecule has 6 heteroatoms. The zero-order valence-corrected chi connectivity index (χ0v) is 17.0. The first-order valence-electron chi connectivity index (χ1n) is 9.91. The van der Waals surface area contributed by atoms with Gasteiger partial charge in [0.1, 0.15) is 6.54 Å². The number of hydrogen-bond acceptors (Lipinski definition) is 2. The SMILES string of the molecule is O=C(CN1CCN(c2ccc(Cl)cc2)C1=O)Nc1ccc2c(c1)Cc1ccccc1-2. The molecule has 1 saturated heterocycles. The second-order valence-corrected chi connectivity index (χ2v) is 8.02. The minimum Gasteiger partial charge on any atom is -0.325 e.